The molecule has 1 rings (SSSR count). The molecule has 0 aliphatic rings. The highest BCUT2D eigenvalue weighted by Gasteiger charge is 2.09. The lowest BCUT2D eigenvalue weighted by atomic mass is 10.1. The Labute approximate surface area is 111 Å². The molecule has 0 saturated heterocycles. The summed E-state index contributed by atoms with van der Waals surface area (Å²) in [4.78, 5) is 12.0. The van der Waals surface area contributed by atoms with E-state index in [-0.39, 0.29) is 18.2 Å². The normalized spacial score (nSPS) is 11.9. The van der Waals surface area contributed by atoms with Gasteiger partial charge in [0.2, 0.25) is 5.91 Å². The number of hydrogen-bond acceptors (Lipinski definition) is 2. The maximum atomic E-state index is 11.6. The van der Waals surface area contributed by atoms with Crippen LogP contribution in [0.25, 0.3) is 0 Å². The van der Waals surface area contributed by atoms with Gasteiger partial charge in [-0.15, -0.1) is 0 Å². The minimum atomic E-state index is -0.0822. The van der Waals surface area contributed by atoms with Gasteiger partial charge in [0.15, 0.2) is 0 Å². The number of rotatable bonds is 5. The zero-order chi connectivity index (χ0) is 12.8. The fourth-order valence-electron chi connectivity index (χ4n) is 1.24. The van der Waals surface area contributed by atoms with E-state index in [1.54, 1.807) is 6.07 Å². The second-order valence-electron chi connectivity index (χ2n) is 3.88. The van der Waals surface area contributed by atoms with E-state index in [0.717, 1.165) is 5.56 Å². The van der Waals surface area contributed by atoms with Crippen molar-refractivity contribution in [3.63, 3.8) is 0 Å². The number of thiocarbonyl (C=S) groups is 1. The third-order valence-electron chi connectivity index (χ3n) is 2.40. The van der Waals surface area contributed by atoms with Crippen molar-refractivity contribution >= 4 is 34.7 Å². The van der Waals surface area contributed by atoms with Crippen LogP contribution >= 0.6 is 23.8 Å². The maximum Gasteiger partial charge on any atom is 0.224 e. The van der Waals surface area contributed by atoms with Crippen LogP contribution in [0, 0.1) is 5.92 Å². The van der Waals surface area contributed by atoms with Gasteiger partial charge < -0.3 is 11.1 Å². The van der Waals surface area contributed by atoms with Crippen molar-refractivity contribution in [1.29, 1.82) is 0 Å². The van der Waals surface area contributed by atoms with E-state index in [0.29, 0.717) is 16.6 Å². The molecule has 5 heteroatoms. The number of nitrogens with one attached hydrogen (secondary N) is 1. The third-order valence-corrected chi connectivity index (χ3v) is 3.17. The Kier molecular flexibility index (Phi) is 5.38. The molecule has 0 aromatic heterocycles. The summed E-state index contributed by atoms with van der Waals surface area (Å²) in [6.45, 7) is 2.33. The molecule has 0 aliphatic heterocycles. The summed E-state index contributed by atoms with van der Waals surface area (Å²) in [5.74, 6) is -0.0820. The fourth-order valence-corrected chi connectivity index (χ4v) is 1.53. The topological polar surface area (TPSA) is 55.1 Å². The molecule has 0 radical (unpaired) electrons. The van der Waals surface area contributed by atoms with Crippen LogP contribution in [0.5, 0.6) is 0 Å². The first-order chi connectivity index (χ1) is 8.00. The van der Waals surface area contributed by atoms with Crippen molar-refractivity contribution in [1.82, 2.24) is 5.32 Å². The van der Waals surface area contributed by atoms with Gasteiger partial charge in [0, 0.05) is 17.5 Å². The van der Waals surface area contributed by atoms with Crippen LogP contribution in [0.1, 0.15) is 12.5 Å². The molecule has 92 valence electrons. The number of halogens is 1. The number of carbonyl (C=O) groups excluding carboxylic acids is 1. The van der Waals surface area contributed by atoms with Gasteiger partial charge in [0.05, 0.1) is 11.4 Å². The molecule has 3 nitrogen and oxygen atoms in total. The molecule has 1 aromatic rings. The van der Waals surface area contributed by atoms with E-state index in [1.807, 2.05) is 25.1 Å². The average molecular weight is 271 g/mol. The monoisotopic (exact) mass is 270 g/mol. The lowest BCUT2D eigenvalue weighted by molar-refractivity contribution is -0.120. The number of nitrogens with two attached hydrogens (primary N) is 1. The van der Waals surface area contributed by atoms with Crippen LogP contribution in [-0.2, 0) is 11.2 Å². The minimum absolute atomic E-state index is 0.000181. The SMILES string of the molecule is CC(CNC(=O)Cc1ccccc1Cl)C(N)=S. The first kappa shape index (κ1) is 13.9. The van der Waals surface area contributed by atoms with Gasteiger partial charge in [-0.05, 0) is 11.6 Å². The van der Waals surface area contributed by atoms with Crippen molar-refractivity contribution < 1.29 is 4.79 Å². The van der Waals surface area contributed by atoms with Crippen molar-refractivity contribution in [2.24, 2.45) is 11.7 Å². The van der Waals surface area contributed by atoms with Crippen LogP contribution in [0.4, 0.5) is 0 Å². The summed E-state index contributed by atoms with van der Waals surface area (Å²) in [6.07, 6.45) is 0.268. The van der Waals surface area contributed by atoms with Gasteiger partial charge >= 0.3 is 0 Å². The number of carbonyl (C=O) groups is 1. The summed E-state index contributed by atoms with van der Waals surface area (Å²) in [5.41, 5.74) is 6.27. The number of benzene rings is 1. The Morgan fingerprint density at radius 2 is 2.18 bits per heavy atom. The third kappa shape index (κ3) is 4.71. The van der Waals surface area contributed by atoms with E-state index in [4.69, 9.17) is 29.6 Å². The summed E-state index contributed by atoms with van der Waals surface area (Å²) in [5, 5.41) is 3.38. The highest BCUT2D eigenvalue weighted by atomic mass is 35.5. The lowest BCUT2D eigenvalue weighted by Gasteiger charge is -2.11. The predicted octanol–water partition coefficient (Wildman–Crippen LogP) is 1.92. The van der Waals surface area contributed by atoms with E-state index in [1.165, 1.54) is 0 Å². The standard InChI is InChI=1S/C12H15ClN2OS/c1-8(12(14)17)7-15-11(16)6-9-4-2-3-5-10(9)13/h2-5,8H,6-7H2,1H3,(H2,14,17)(H,15,16). The molecule has 1 amide bonds. The molecule has 0 bridgehead atoms. The smallest absolute Gasteiger partial charge is 0.224 e. The average Bonchev–Trinajstić information content (AvgIpc) is 2.29. The van der Waals surface area contributed by atoms with E-state index >= 15 is 0 Å². The summed E-state index contributed by atoms with van der Waals surface area (Å²) >= 11 is 10.8. The maximum absolute atomic E-state index is 11.6. The Balaban J connectivity index is 2.46. The molecule has 3 N–H and O–H groups in total. The highest BCUT2D eigenvalue weighted by molar-refractivity contribution is 7.80. The van der Waals surface area contributed by atoms with Gasteiger partial charge in [0.25, 0.3) is 0 Å². The lowest BCUT2D eigenvalue weighted by Crippen LogP contribution is -2.34. The minimum Gasteiger partial charge on any atom is -0.393 e. The second-order valence-corrected chi connectivity index (χ2v) is 4.75. The molecular weight excluding hydrogens is 256 g/mol. The molecule has 0 saturated carbocycles. The Bertz CT molecular complexity index is 423. The van der Waals surface area contributed by atoms with Gasteiger partial charge in [-0.1, -0.05) is 48.9 Å². The quantitative estimate of drug-likeness (QED) is 0.804. The Morgan fingerprint density at radius 3 is 2.76 bits per heavy atom. The number of amides is 1. The predicted molar refractivity (Wildman–Crippen MR) is 74.1 cm³/mol. The van der Waals surface area contributed by atoms with Crippen LogP contribution in [0.2, 0.25) is 5.02 Å². The van der Waals surface area contributed by atoms with E-state index in [2.05, 4.69) is 5.32 Å². The van der Waals surface area contributed by atoms with E-state index in [9.17, 15) is 4.79 Å². The first-order valence-electron chi connectivity index (χ1n) is 5.30. The molecule has 0 aliphatic carbocycles. The van der Waals surface area contributed by atoms with Crippen LogP contribution in [0.15, 0.2) is 24.3 Å². The summed E-state index contributed by atoms with van der Waals surface area (Å²) < 4.78 is 0. The zero-order valence-electron chi connectivity index (χ0n) is 9.57. The van der Waals surface area contributed by atoms with Crippen molar-refractivity contribution in [3.8, 4) is 0 Å². The molecule has 0 fully saturated rings. The van der Waals surface area contributed by atoms with Crippen molar-refractivity contribution in [2.75, 3.05) is 6.54 Å². The molecule has 1 aromatic carbocycles. The molecule has 17 heavy (non-hydrogen) atoms. The summed E-state index contributed by atoms with van der Waals surface area (Å²) in [7, 11) is 0. The largest absolute Gasteiger partial charge is 0.393 e. The molecule has 0 spiro atoms. The van der Waals surface area contributed by atoms with Crippen LogP contribution < -0.4 is 11.1 Å². The van der Waals surface area contributed by atoms with Gasteiger partial charge in [0.1, 0.15) is 0 Å². The van der Waals surface area contributed by atoms with Crippen molar-refractivity contribution in [2.45, 2.75) is 13.3 Å². The van der Waals surface area contributed by atoms with Crippen LogP contribution in [0.3, 0.4) is 0 Å². The second kappa shape index (κ2) is 6.57. The van der Waals surface area contributed by atoms with Gasteiger partial charge in [-0.3, -0.25) is 4.79 Å². The molecule has 1 unspecified atom stereocenters. The fraction of sp³-hybridized carbons (Fsp3) is 0.333. The van der Waals surface area contributed by atoms with Crippen molar-refractivity contribution in [3.05, 3.63) is 34.9 Å². The first-order valence-corrected chi connectivity index (χ1v) is 6.08. The van der Waals surface area contributed by atoms with Crippen LogP contribution in [-0.4, -0.2) is 17.4 Å². The van der Waals surface area contributed by atoms with Gasteiger partial charge in [-0.2, -0.15) is 0 Å². The summed E-state index contributed by atoms with van der Waals surface area (Å²) in [6, 6.07) is 7.28. The molecule has 1 atom stereocenters. The zero-order valence-corrected chi connectivity index (χ0v) is 11.1. The van der Waals surface area contributed by atoms with E-state index < -0.39 is 0 Å². The highest BCUT2D eigenvalue weighted by Crippen LogP contribution is 2.15. The molecule has 0 heterocycles. The Hall–Kier alpha value is -1.13. The molecular formula is C12H15ClN2OS. The number of hydrogen-bond donors (Lipinski definition) is 2. The Morgan fingerprint density at radius 1 is 1.53 bits per heavy atom. The van der Waals surface area contributed by atoms with Gasteiger partial charge in [-0.25, -0.2) is 0 Å².